The molecule has 0 spiro atoms. The maximum Gasteiger partial charge on any atom is 0.252 e. The van der Waals surface area contributed by atoms with Crippen LogP contribution >= 0.6 is 23.4 Å². The van der Waals surface area contributed by atoms with Crippen LogP contribution in [-0.2, 0) is 21.1 Å². The van der Waals surface area contributed by atoms with Crippen molar-refractivity contribution in [2.45, 2.75) is 17.7 Å². The van der Waals surface area contributed by atoms with Gasteiger partial charge in [0.05, 0.1) is 24.0 Å². The number of hydrogen-bond acceptors (Lipinski definition) is 4. The van der Waals surface area contributed by atoms with E-state index in [4.69, 9.17) is 11.6 Å². The van der Waals surface area contributed by atoms with Crippen LogP contribution < -0.4 is 4.90 Å². The minimum Gasteiger partial charge on any atom is -0.315 e. The fourth-order valence-corrected chi connectivity index (χ4v) is 7.58. The second-order valence-electron chi connectivity index (χ2n) is 6.71. The van der Waals surface area contributed by atoms with E-state index in [1.54, 1.807) is 41.3 Å². The summed E-state index contributed by atoms with van der Waals surface area (Å²) in [7, 11) is -3.18. The molecule has 2 aromatic carbocycles. The summed E-state index contributed by atoms with van der Waals surface area (Å²) < 4.78 is 37.9. The van der Waals surface area contributed by atoms with E-state index in [0.717, 1.165) is 0 Å². The van der Waals surface area contributed by atoms with E-state index in [9.17, 15) is 17.6 Å². The Kier molecular flexibility index (Phi) is 5.20. The van der Waals surface area contributed by atoms with Crippen LogP contribution in [0.25, 0.3) is 0 Å². The molecule has 5 nitrogen and oxygen atoms in total. The number of amidine groups is 1. The Morgan fingerprint density at radius 3 is 2.75 bits per heavy atom. The number of nitrogens with zero attached hydrogens (tertiary/aromatic N) is 2. The standard InChI is InChI=1S/C19H16ClFN2O3S2/c20-15-7-2-1-4-12(15)8-18(24)22-19-23(14-6-3-5-13(21)9-14)16-10-28(25,26)11-17(16)27-19/h1-7,9,16-17H,8,10-11H2. The first-order valence-corrected chi connectivity index (χ1v) is 11.7. The average molecular weight is 439 g/mol. The van der Waals surface area contributed by atoms with Gasteiger partial charge in [0.15, 0.2) is 15.0 Å². The van der Waals surface area contributed by atoms with Gasteiger partial charge in [-0.3, -0.25) is 4.79 Å². The summed E-state index contributed by atoms with van der Waals surface area (Å²) in [6.45, 7) is 0. The van der Waals surface area contributed by atoms with Crippen molar-refractivity contribution in [3.63, 3.8) is 0 Å². The molecule has 0 radical (unpaired) electrons. The van der Waals surface area contributed by atoms with Gasteiger partial charge < -0.3 is 4.90 Å². The van der Waals surface area contributed by atoms with E-state index in [2.05, 4.69) is 4.99 Å². The number of rotatable bonds is 3. The zero-order valence-corrected chi connectivity index (χ0v) is 17.0. The van der Waals surface area contributed by atoms with Gasteiger partial charge in [-0.15, -0.1) is 0 Å². The van der Waals surface area contributed by atoms with Crippen molar-refractivity contribution in [1.82, 2.24) is 0 Å². The van der Waals surface area contributed by atoms with Crippen molar-refractivity contribution in [3.05, 3.63) is 64.9 Å². The molecule has 2 aliphatic heterocycles. The Bertz CT molecular complexity index is 1070. The number of carbonyl (C=O) groups is 1. The number of sulfone groups is 1. The zero-order chi connectivity index (χ0) is 19.9. The number of benzene rings is 2. The lowest BCUT2D eigenvalue weighted by molar-refractivity contribution is -0.117. The van der Waals surface area contributed by atoms with Crippen LogP contribution in [0.4, 0.5) is 10.1 Å². The zero-order valence-electron chi connectivity index (χ0n) is 14.6. The Labute approximate surface area is 171 Å². The first-order chi connectivity index (χ1) is 13.3. The summed E-state index contributed by atoms with van der Waals surface area (Å²) in [5.41, 5.74) is 1.16. The molecule has 2 fully saturated rings. The molecule has 28 heavy (non-hydrogen) atoms. The number of aliphatic imine (C=N–C) groups is 1. The van der Waals surface area contributed by atoms with Crippen LogP contribution in [0.3, 0.4) is 0 Å². The van der Waals surface area contributed by atoms with E-state index in [1.807, 2.05) is 0 Å². The number of carbonyl (C=O) groups excluding carboxylic acids is 1. The van der Waals surface area contributed by atoms with Crippen LogP contribution in [-0.4, -0.2) is 42.3 Å². The van der Waals surface area contributed by atoms with Crippen molar-refractivity contribution in [1.29, 1.82) is 0 Å². The third kappa shape index (κ3) is 3.94. The second kappa shape index (κ2) is 7.50. The predicted octanol–water partition coefficient (Wildman–Crippen LogP) is 3.32. The summed E-state index contributed by atoms with van der Waals surface area (Å²) in [5, 5.41) is 0.646. The molecule has 9 heteroatoms. The number of anilines is 1. The third-order valence-corrected chi connectivity index (χ3v) is 8.25. The van der Waals surface area contributed by atoms with Gasteiger partial charge in [0, 0.05) is 16.0 Å². The summed E-state index contributed by atoms with van der Waals surface area (Å²) in [4.78, 5) is 18.4. The Morgan fingerprint density at radius 2 is 2.00 bits per heavy atom. The molecule has 2 atom stereocenters. The molecule has 0 aliphatic carbocycles. The summed E-state index contributed by atoms with van der Waals surface area (Å²) >= 11 is 7.37. The first kappa shape index (κ1) is 19.4. The highest BCUT2D eigenvalue weighted by molar-refractivity contribution is 8.16. The van der Waals surface area contributed by atoms with Gasteiger partial charge >= 0.3 is 0 Å². The van der Waals surface area contributed by atoms with Crippen LogP contribution in [0.5, 0.6) is 0 Å². The normalized spacial score (nSPS) is 24.5. The average Bonchev–Trinajstić information content (AvgIpc) is 3.07. The van der Waals surface area contributed by atoms with E-state index >= 15 is 0 Å². The van der Waals surface area contributed by atoms with Crippen molar-refractivity contribution in [2.75, 3.05) is 16.4 Å². The molecule has 0 saturated carbocycles. The fourth-order valence-electron chi connectivity index (χ4n) is 3.44. The van der Waals surface area contributed by atoms with Crippen molar-refractivity contribution in [2.24, 2.45) is 4.99 Å². The lowest BCUT2D eigenvalue weighted by Gasteiger charge is -2.24. The topological polar surface area (TPSA) is 66.8 Å². The lowest BCUT2D eigenvalue weighted by atomic mass is 10.1. The molecular weight excluding hydrogens is 423 g/mol. The maximum absolute atomic E-state index is 13.8. The van der Waals surface area contributed by atoms with Gasteiger partial charge in [0.25, 0.3) is 5.91 Å². The molecule has 1 amide bonds. The van der Waals surface area contributed by atoms with Crippen molar-refractivity contribution in [3.8, 4) is 0 Å². The fraction of sp³-hybridized carbons (Fsp3) is 0.263. The second-order valence-corrected chi connectivity index (χ2v) is 10.5. The third-order valence-electron chi connectivity index (χ3n) is 4.67. The molecular formula is C19H16ClFN2O3S2. The van der Waals surface area contributed by atoms with E-state index in [0.29, 0.717) is 21.4 Å². The number of thioether (sulfide) groups is 1. The minimum absolute atomic E-state index is 0.0197. The molecule has 2 unspecified atom stereocenters. The number of hydrogen-bond donors (Lipinski definition) is 0. The smallest absolute Gasteiger partial charge is 0.252 e. The molecule has 2 saturated heterocycles. The predicted molar refractivity (Wildman–Crippen MR) is 110 cm³/mol. The van der Waals surface area contributed by atoms with Crippen LogP contribution in [0, 0.1) is 5.82 Å². The van der Waals surface area contributed by atoms with E-state index in [1.165, 1.54) is 23.9 Å². The molecule has 146 valence electrons. The van der Waals surface area contributed by atoms with Gasteiger partial charge in [0.1, 0.15) is 5.82 Å². The van der Waals surface area contributed by atoms with E-state index < -0.39 is 15.7 Å². The Hall–Kier alpha value is -1.90. The summed E-state index contributed by atoms with van der Waals surface area (Å²) in [6, 6.07) is 12.5. The molecule has 2 aliphatic rings. The highest BCUT2D eigenvalue weighted by Gasteiger charge is 2.49. The molecule has 0 bridgehead atoms. The van der Waals surface area contributed by atoms with Gasteiger partial charge in [-0.2, -0.15) is 4.99 Å². The van der Waals surface area contributed by atoms with Crippen LogP contribution in [0.2, 0.25) is 5.02 Å². The Morgan fingerprint density at radius 1 is 1.21 bits per heavy atom. The van der Waals surface area contributed by atoms with Crippen LogP contribution in [0.1, 0.15) is 5.56 Å². The molecule has 2 aromatic rings. The monoisotopic (exact) mass is 438 g/mol. The van der Waals surface area contributed by atoms with Gasteiger partial charge in [-0.05, 0) is 29.8 Å². The summed E-state index contributed by atoms with van der Waals surface area (Å²) in [5.74, 6) is -0.849. The quantitative estimate of drug-likeness (QED) is 0.735. The molecule has 4 rings (SSSR count). The van der Waals surface area contributed by atoms with Gasteiger partial charge in [-0.25, -0.2) is 12.8 Å². The maximum atomic E-state index is 13.8. The van der Waals surface area contributed by atoms with Crippen molar-refractivity contribution >= 4 is 50.0 Å². The number of amides is 1. The van der Waals surface area contributed by atoms with Crippen molar-refractivity contribution < 1.29 is 17.6 Å². The summed E-state index contributed by atoms with van der Waals surface area (Å²) in [6.07, 6.45) is 0.0361. The molecule has 2 heterocycles. The largest absolute Gasteiger partial charge is 0.315 e. The highest BCUT2D eigenvalue weighted by Crippen LogP contribution is 2.41. The Balaban J connectivity index is 1.66. The molecule has 0 N–H and O–H groups in total. The van der Waals surface area contributed by atoms with Gasteiger partial charge in [-0.1, -0.05) is 47.6 Å². The SMILES string of the molecule is O=C(Cc1ccccc1Cl)N=C1SC2CS(=O)(=O)CC2N1c1cccc(F)c1. The lowest BCUT2D eigenvalue weighted by Crippen LogP contribution is -2.37. The number of halogens is 2. The van der Waals surface area contributed by atoms with Gasteiger partial charge in [0.2, 0.25) is 0 Å². The first-order valence-electron chi connectivity index (χ1n) is 8.59. The van der Waals surface area contributed by atoms with Crippen LogP contribution in [0.15, 0.2) is 53.5 Å². The molecule has 0 aromatic heterocycles. The highest BCUT2D eigenvalue weighted by atomic mass is 35.5. The minimum atomic E-state index is -3.18. The van der Waals surface area contributed by atoms with E-state index in [-0.39, 0.29) is 35.1 Å². The number of fused-ring (bicyclic) bond motifs is 1.